The zero-order valence-electron chi connectivity index (χ0n) is 9.85. The van der Waals surface area contributed by atoms with Crippen LogP contribution in [0.3, 0.4) is 0 Å². The van der Waals surface area contributed by atoms with E-state index in [-0.39, 0.29) is 17.8 Å². The number of hydrogen-bond acceptors (Lipinski definition) is 3. The summed E-state index contributed by atoms with van der Waals surface area (Å²) >= 11 is 1.12. The predicted molar refractivity (Wildman–Crippen MR) is 66.8 cm³/mol. The van der Waals surface area contributed by atoms with Gasteiger partial charge < -0.3 is 5.32 Å². The minimum absolute atomic E-state index is 0.293. The molecule has 3 amide bonds. The zero-order chi connectivity index (χ0) is 13.1. The van der Waals surface area contributed by atoms with Crippen molar-refractivity contribution in [2.24, 2.45) is 0 Å². The fraction of sp³-hybridized carbons (Fsp3) is 0.333. The molecule has 0 unspecified atom stereocenters. The maximum Gasteiger partial charge on any atom is 0.324 e. The number of nitrogens with one attached hydrogen (secondary N) is 1. The molecule has 0 aliphatic carbocycles. The lowest BCUT2D eigenvalue weighted by molar-refractivity contribution is -0.126. The highest BCUT2D eigenvalue weighted by Crippen LogP contribution is 2.27. The molecule has 6 heteroatoms. The number of benzene rings is 1. The monoisotopic (exact) mass is 268 g/mol. The van der Waals surface area contributed by atoms with Gasteiger partial charge in [-0.25, -0.2) is 9.18 Å². The standard InChI is InChI=1S/C12H13FN2O2S/c1-8(11(16)15-7-6-14-12(15)17)18-10-5-3-2-4-9(10)13/h2-5,8H,6-7H2,1H3,(H,14,17)/t8-/m1/s1. The smallest absolute Gasteiger partial charge is 0.324 e. The number of rotatable bonds is 3. The Morgan fingerprint density at radius 1 is 1.50 bits per heavy atom. The summed E-state index contributed by atoms with van der Waals surface area (Å²) in [6, 6.07) is 5.90. The molecule has 1 aliphatic rings. The van der Waals surface area contributed by atoms with Gasteiger partial charge in [0.05, 0.1) is 5.25 Å². The van der Waals surface area contributed by atoms with Crippen molar-refractivity contribution >= 4 is 23.7 Å². The van der Waals surface area contributed by atoms with Crippen molar-refractivity contribution in [3.05, 3.63) is 30.1 Å². The third kappa shape index (κ3) is 2.64. The molecule has 1 fully saturated rings. The van der Waals surface area contributed by atoms with E-state index in [1.54, 1.807) is 25.1 Å². The van der Waals surface area contributed by atoms with Crippen molar-refractivity contribution in [1.29, 1.82) is 0 Å². The third-order valence-electron chi connectivity index (χ3n) is 2.61. The molecule has 0 spiro atoms. The quantitative estimate of drug-likeness (QED) is 0.851. The van der Waals surface area contributed by atoms with Crippen LogP contribution in [-0.4, -0.2) is 35.2 Å². The summed E-state index contributed by atoms with van der Waals surface area (Å²) in [7, 11) is 0. The molecule has 1 saturated heterocycles. The molecule has 2 rings (SSSR count). The lowest BCUT2D eigenvalue weighted by Gasteiger charge is -2.17. The number of amides is 3. The predicted octanol–water partition coefficient (Wildman–Crippen LogP) is 1.86. The van der Waals surface area contributed by atoms with Gasteiger partial charge in [0.15, 0.2) is 0 Å². The maximum absolute atomic E-state index is 13.4. The molecule has 0 radical (unpaired) electrons. The van der Waals surface area contributed by atoms with Crippen molar-refractivity contribution in [3.8, 4) is 0 Å². The van der Waals surface area contributed by atoms with Crippen LogP contribution in [0, 0.1) is 5.82 Å². The molecule has 1 atom stereocenters. The van der Waals surface area contributed by atoms with Gasteiger partial charge in [-0.1, -0.05) is 12.1 Å². The molecular weight excluding hydrogens is 255 g/mol. The highest BCUT2D eigenvalue weighted by atomic mass is 32.2. The highest BCUT2D eigenvalue weighted by molar-refractivity contribution is 8.00. The molecule has 96 valence electrons. The Morgan fingerprint density at radius 3 is 2.83 bits per heavy atom. The Hall–Kier alpha value is -1.56. The van der Waals surface area contributed by atoms with Crippen molar-refractivity contribution in [1.82, 2.24) is 10.2 Å². The molecule has 1 aromatic carbocycles. The van der Waals surface area contributed by atoms with Crippen LogP contribution < -0.4 is 5.32 Å². The van der Waals surface area contributed by atoms with Gasteiger partial charge in [-0.05, 0) is 19.1 Å². The van der Waals surface area contributed by atoms with E-state index < -0.39 is 5.25 Å². The fourth-order valence-corrected chi connectivity index (χ4v) is 2.63. The Bertz CT molecular complexity index is 481. The minimum Gasteiger partial charge on any atom is -0.336 e. The van der Waals surface area contributed by atoms with E-state index in [9.17, 15) is 14.0 Å². The number of thioether (sulfide) groups is 1. The lowest BCUT2D eigenvalue weighted by atomic mass is 10.3. The second-order valence-corrected chi connectivity index (χ2v) is 5.29. The van der Waals surface area contributed by atoms with E-state index in [1.807, 2.05) is 0 Å². The van der Waals surface area contributed by atoms with Crippen molar-refractivity contribution < 1.29 is 14.0 Å². The molecule has 18 heavy (non-hydrogen) atoms. The van der Waals surface area contributed by atoms with Gasteiger partial charge in [-0.15, -0.1) is 11.8 Å². The van der Waals surface area contributed by atoms with Crippen LogP contribution in [0.5, 0.6) is 0 Å². The van der Waals surface area contributed by atoms with Gasteiger partial charge >= 0.3 is 6.03 Å². The van der Waals surface area contributed by atoms with E-state index in [2.05, 4.69) is 5.32 Å². The minimum atomic E-state index is -0.495. The first-order chi connectivity index (χ1) is 8.59. The van der Waals surface area contributed by atoms with Gasteiger partial charge in [-0.2, -0.15) is 0 Å². The van der Waals surface area contributed by atoms with Crippen molar-refractivity contribution in [2.45, 2.75) is 17.1 Å². The van der Waals surface area contributed by atoms with Crippen LogP contribution in [-0.2, 0) is 4.79 Å². The van der Waals surface area contributed by atoms with E-state index >= 15 is 0 Å². The van der Waals surface area contributed by atoms with Crippen LogP contribution in [0.15, 0.2) is 29.2 Å². The van der Waals surface area contributed by atoms with E-state index in [0.717, 1.165) is 11.8 Å². The summed E-state index contributed by atoms with van der Waals surface area (Å²) in [5.74, 6) is -0.647. The first kappa shape index (κ1) is 12.9. The van der Waals surface area contributed by atoms with Crippen LogP contribution in [0.1, 0.15) is 6.92 Å². The number of carbonyl (C=O) groups is 2. The van der Waals surface area contributed by atoms with Gasteiger partial charge in [0, 0.05) is 18.0 Å². The first-order valence-electron chi connectivity index (χ1n) is 5.60. The molecule has 4 nitrogen and oxygen atoms in total. The van der Waals surface area contributed by atoms with Gasteiger partial charge in [0.25, 0.3) is 0 Å². The summed E-state index contributed by atoms with van der Waals surface area (Å²) in [4.78, 5) is 24.9. The number of imide groups is 1. The molecule has 0 bridgehead atoms. The van der Waals surface area contributed by atoms with Gasteiger partial charge in [-0.3, -0.25) is 9.69 Å². The van der Waals surface area contributed by atoms with Crippen molar-refractivity contribution in [2.75, 3.05) is 13.1 Å². The molecule has 0 saturated carbocycles. The van der Waals surface area contributed by atoms with Crippen LogP contribution in [0.4, 0.5) is 9.18 Å². The average molecular weight is 268 g/mol. The zero-order valence-corrected chi connectivity index (χ0v) is 10.7. The van der Waals surface area contributed by atoms with Gasteiger partial charge in [0.2, 0.25) is 5.91 Å². The SMILES string of the molecule is C[C@@H](Sc1ccccc1F)C(=O)N1CCNC1=O. The van der Waals surface area contributed by atoms with Crippen LogP contribution in [0.2, 0.25) is 0 Å². The highest BCUT2D eigenvalue weighted by Gasteiger charge is 2.30. The Kier molecular flexibility index (Phi) is 3.86. The Morgan fingerprint density at radius 2 is 2.22 bits per heavy atom. The lowest BCUT2D eigenvalue weighted by Crippen LogP contribution is -2.38. The third-order valence-corrected chi connectivity index (χ3v) is 3.75. The second-order valence-electron chi connectivity index (χ2n) is 3.91. The molecule has 1 aliphatic heterocycles. The number of urea groups is 1. The summed E-state index contributed by atoms with van der Waals surface area (Å²) in [6.45, 7) is 2.52. The maximum atomic E-state index is 13.4. The average Bonchev–Trinajstić information content (AvgIpc) is 2.77. The summed E-state index contributed by atoms with van der Waals surface area (Å²) in [6.07, 6.45) is 0. The number of hydrogen-bond donors (Lipinski definition) is 1. The molecule has 0 aromatic heterocycles. The van der Waals surface area contributed by atoms with Crippen LogP contribution in [0.25, 0.3) is 0 Å². The van der Waals surface area contributed by atoms with Gasteiger partial charge in [0.1, 0.15) is 5.82 Å². The van der Waals surface area contributed by atoms with E-state index in [1.165, 1.54) is 11.0 Å². The molecule has 1 aromatic rings. The van der Waals surface area contributed by atoms with E-state index in [0.29, 0.717) is 18.0 Å². The Labute approximate surface area is 109 Å². The summed E-state index contributed by atoms with van der Waals surface area (Å²) in [5.41, 5.74) is 0. The largest absolute Gasteiger partial charge is 0.336 e. The second kappa shape index (κ2) is 5.39. The topological polar surface area (TPSA) is 49.4 Å². The number of halogens is 1. The number of nitrogens with zero attached hydrogens (tertiary/aromatic N) is 1. The molecule has 1 heterocycles. The number of carbonyl (C=O) groups excluding carboxylic acids is 2. The molecular formula is C12H13FN2O2S. The Balaban J connectivity index is 2.04. The van der Waals surface area contributed by atoms with Crippen molar-refractivity contribution in [3.63, 3.8) is 0 Å². The summed E-state index contributed by atoms with van der Waals surface area (Å²) < 4.78 is 13.4. The summed E-state index contributed by atoms with van der Waals surface area (Å²) in [5, 5.41) is 2.07. The van der Waals surface area contributed by atoms with Crippen LogP contribution >= 0.6 is 11.8 Å². The molecule has 1 N–H and O–H groups in total. The van der Waals surface area contributed by atoms with E-state index in [4.69, 9.17) is 0 Å². The fourth-order valence-electron chi connectivity index (χ4n) is 1.68. The normalized spacial score (nSPS) is 16.6. The first-order valence-corrected chi connectivity index (χ1v) is 6.48.